The number of nitrogens with zero attached hydrogens (tertiary/aromatic N) is 6. The molecule has 2 amide bonds. The number of benzene rings is 1. The van der Waals surface area contributed by atoms with Gasteiger partial charge < -0.3 is 14.8 Å². The van der Waals surface area contributed by atoms with E-state index < -0.39 is 5.82 Å². The Morgan fingerprint density at radius 3 is 2.71 bits per heavy atom. The van der Waals surface area contributed by atoms with Crippen LogP contribution in [0.1, 0.15) is 31.7 Å². The Kier molecular flexibility index (Phi) is 4.68. The van der Waals surface area contributed by atoms with Gasteiger partial charge in [-0.25, -0.2) is 19.2 Å². The summed E-state index contributed by atoms with van der Waals surface area (Å²) in [6.45, 7) is 4.87. The smallest absolute Gasteiger partial charge is 0.318 e. The fourth-order valence-corrected chi connectivity index (χ4v) is 5.28. The summed E-state index contributed by atoms with van der Waals surface area (Å²) in [7, 11) is 0. The molecule has 5 rings (SSSR count). The van der Waals surface area contributed by atoms with E-state index in [0.29, 0.717) is 24.0 Å². The molecule has 2 saturated heterocycles. The van der Waals surface area contributed by atoms with Crippen molar-refractivity contribution >= 4 is 11.7 Å². The van der Waals surface area contributed by atoms with Crippen LogP contribution in [-0.2, 0) is 6.54 Å². The van der Waals surface area contributed by atoms with Crippen LogP contribution in [0.4, 0.5) is 14.9 Å². The summed E-state index contributed by atoms with van der Waals surface area (Å²) in [6.07, 6.45) is 8.65. The minimum absolute atomic E-state index is 0.106. The molecule has 0 unspecified atom stereocenters. The van der Waals surface area contributed by atoms with E-state index in [1.165, 1.54) is 0 Å². The fourth-order valence-electron chi connectivity index (χ4n) is 5.28. The number of carbonyl (C=O) groups excluding carboxylic acids is 1. The predicted octanol–water partition coefficient (Wildman–Crippen LogP) is 3.66. The topological polar surface area (TPSA) is 88.8 Å². The molecule has 2 fully saturated rings. The van der Waals surface area contributed by atoms with Gasteiger partial charge in [-0.15, -0.1) is 10.2 Å². The van der Waals surface area contributed by atoms with Gasteiger partial charge >= 0.3 is 6.03 Å². The predicted molar refractivity (Wildman–Crippen MR) is 113 cm³/mol. The van der Waals surface area contributed by atoms with Crippen LogP contribution in [0.15, 0.2) is 43.2 Å². The van der Waals surface area contributed by atoms with Crippen LogP contribution in [0.2, 0.25) is 0 Å². The molecule has 0 radical (unpaired) electrons. The number of carbonyl (C=O) groups is 1. The zero-order valence-corrected chi connectivity index (χ0v) is 17.5. The number of nitrogens with one attached hydrogen (secondary N) is 1. The lowest BCUT2D eigenvalue weighted by atomic mass is 9.64. The van der Waals surface area contributed by atoms with E-state index in [4.69, 9.17) is 0 Å². The van der Waals surface area contributed by atoms with Gasteiger partial charge in [-0.2, -0.15) is 0 Å². The first-order valence-corrected chi connectivity index (χ1v) is 10.4. The highest BCUT2D eigenvalue weighted by molar-refractivity contribution is 5.91. The molecule has 31 heavy (non-hydrogen) atoms. The minimum Gasteiger partial charge on any atom is -0.318 e. The molecule has 3 aromatic rings. The van der Waals surface area contributed by atoms with E-state index in [1.54, 1.807) is 12.7 Å². The van der Waals surface area contributed by atoms with Crippen LogP contribution in [0.25, 0.3) is 11.4 Å². The number of halogens is 1. The molecule has 0 spiro atoms. The third kappa shape index (κ3) is 3.54. The van der Waals surface area contributed by atoms with E-state index in [0.717, 1.165) is 42.8 Å². The Morgan fingerprint density at radius 1 is 1.23 bits per heavy atom. The Bertz CT molecular complexity index is 1100. The molecule has 9 heteroatoms. The van der Waals surface area contributed by atoms with Gasteiger partial charge in [-0.05, 0) is 49.8 Å². The van der Waals surface area contributed by atoms with Crippen molar-refractivity contribution in [2.24, 2.45) is 5.92 Å². The van der Waals surface area contributed by atoms with Crippen molar-refractivity contribution in [1.82, 2.24) is 29.6 Å². The van der Waals surface area contributed by atoms with Crippen LogP contribution in [0.3, 0.4) is 0 Å². The SMILES string of the molecule is Cc1ccc(NC(=O)N2[C@@H]3C[C@@H](C)C[C@@]2(Cn2cnnc2)C3)cc1-c1ncc(F)cn1. The molecule has 2 bridgehead atoms. The average Bonchev–Trinajstić information content (AvgIpc) is 3.22. The standard InChI is InChI=1S/C22H24FN7O/c1-14-5-18-8-22(7-14,11-29-12-26-27-13-29)30(18)21(31)28-17-4-3-15(2)19(6-17)20-24-9-16(23)10-25-20/h3-4,6,9-10,12-14,18H,5,7-8,11H2,1-2H3,(H,28,31)/t14-,18-,22+/m1/s1. The molecule has 1 N–H and O–H groups in total. The summed E-state index contributed by atoms with van der Waals surface area (Å²) in [5, 5.41) is 10.9. The largest absolute Gasteiger partial charge is 0.322 e. The number of hydrogen-bond acceptors (Lipinski definition) is 5. The second-order valence-corrected chi connectivity index (χ2v) is 8.82. The molecule has 8 nitrogen and oxygen atoms in total. The zero-order valence-electron chi connectivity index (χ0n) is 17.5. The van der Waals surface area contributed by atoms with Crippen LogP contribution in [0, 0.1) is 18.7 Å². The normalized spacial score (nSPS) is 24.5. The van der Waals surface area contributed by atoms with Crippen molar-refractivity contribution < 1.29 is 9.18 Å². The highest BCUT2D eigenvalue weighted by atomic mass is 19.1. The number of rotatable bonds is 4. The first-order chi connectivity index (χ1) is 14.9. The van der Waals surface area contributed by atoms with Crippen LogP contribution in [-0.4, -0.2) is 47.2 Å². The Balaban J connectivity index is 1.38. The summed E-state index contributed by atoms with van der Waals surface area (Å²) < 4.78 is 15.2. The van der Waals surface area contributed by atoms with E-state index >= 15 is 0 Å². The second-order valence-electron chi connectivity index (χ2n) is 8.82. The number of hydrogen-bond donors (Lipinski definition) is 1. The molecule has 2 aliphatic heterocycles. The molecule has 4 heterocycles. The highest BCUT2D eigenvalue weighted by Gasteiger charge is 2.58. The van der Waals surface area contributed by atoms with Gasteiger partial charge in [0.2, 0.25) is 0 Å². The number of fused-ring (bicyclic) bond motifs is 2. The van der Waals surface area contributed by atoms with E-state index in [1.807, 2.05) is 34.6 Å². The van der Waals surface area contributed by atoms with Gasteiger partial charge in [0, 0.05) is 23.8 Å². The van der Waals surface area contributed by atoms with Gasteiger partial charge in [-0.1, -0.05) is 13.0 Å². The third-order valence-corrected chi connectivity index (χ3v) is 6.41. The first-order valence-electron chi connectivity index (χ1n) is 10.4. The van der Waals surface area contributed by atoms with Gasteiger partial charge in [0.25, 0.3) is 0 Å². The molecule has 1 aromatic carbocycles. The second kappa shape index (κ2) is 7.40. The lowest BCUT2D eigenvalue weighted by molar-refractivity contribution is -0.0988. The number of urea groups is 1. The summed E-state index contributed by atoms with van der Waals surface area (Å²) in [6, 6.07) is 5.75. The maximum atomic E-state index is 13.3. The molecular weight excluding hydrogens is 397 g/mol. The summed E-state index contributed by atoms with van der Waals surface area (Å²) in [5.41, 5.74) is 2.15. The van der Waals surface area contributed by atoms with Crippen molar-refractivity contribution in [1.29, 1.82) is 0 Å². The van der Waals surface area contributed by atoms with Gasteiger partial charge in [0.15, 0.2) is 11.6 Å². The zero-order chi connectivity index (χ0) is 21.6. The Morgan fingerprint density at radius 2 is 1.97 bits per heavy atom. The average molecular weight is 421 g/mol. The Labute approximate surface area is 179 Å². The molecule has 2 aromatic heterocycles. The molecule has 0 saturated carbocycles. The maximum absolute atomic E-state index is 13.3. The van der Waals surface area contributed by atoms with Crippen molar-refractivity contribution in [2.75, 3.05) is 5.32 Å². The monoisotopic (exact) mass is 421 g/mol. The number of piperidine rings is 1. The number of amides is 2. The quantitative estimate of drug-likeness (QED) is 0.695. The van der Waals surface area contributed by atoms with E-state index in [-0.39, 0.29) is 17.6 Å². The summed E-state index contributed by atoms with van der Waals surface area (Å²) in [4.78, 5) is 23.5. The first kappa shape index (κ1) is 19.6. The van der Waals surface area contributed by atoms with Gasteiger partial charge in [-0.3, -0.25) is 0 Å². The lowest BCUT2D eigenvalue weighted by Crippen LogP contribution is -2.73. The van der Waals surface area contributed by atoms with E-state index in [2.05, 4.69) is 32.4 Å². The number of aromatic nitrogens is 5. The molecular formula is C22H24FN7O. The maximum Gasteiger partial charge on any atom is 0.322 e. The van der Waals surface area contributed by atoms with Gasteiger partial charge in [0.1, 0.15) is 12.7 Å². The van der Waals surface area contributed by atoms with Crippen molar-refractivity contribution in [2.45, 2.75) is 51.2 Å². The minimum atomic E-state index is -0.484. The van der Waals surface area contributed by atoms with Crippen LogP contribution < -0.4 is 5.32 Å². The number of anilines is 1. The highest BCUT2D eigenvalue weighted by Crippen LogP contribution is 2.50. The van der Waals surface area contributed by atoms with Crippen LogP contribution >= 0.6 is 0 Å². The Hall–Kier alpha value is -3.36. The number of aryl methyl sites for hydroxylation is 1. The van der Waals surface area contributed by atoms with Crippen molar-refractivity contribution in [3.63, 3.8) is 0 Å². The lowest BCUT2D eigenvalue weighted by Gasteiger charge is -2.63. The molecule has 3 atom stereocenters. The third-order valence-electron chi connectivity index (χ3n) is 6.41. The molecule has 2 aliphatic rings. The van der Waals surface area contributed by atoms with Crippen LogP contribution in [0.5, 0.6) is 0 Å². The van der Waals surface area contributed by atoms with E-state index in [9.17, 15) is 9.18 Å². The van der Waals surface area contributed by atoms with Gasteiger partial charge in [0.05, 0.1) is 17.9 Å². The molecule has 0 aliphatic carbocycles. The summed E-state index contributed by atoms with van der Waals surface area (Å²) >= 11 is 0. The van der Waals surface area contributed by atoms with Crippen molar-refractivity contribution in [3.05, 3.63) is 54.6 Å². The van der Waals surface area contributed by atoms with Crippen molar-refractivity contribution in [3.8, 4) is 11.4 Å². The molecule has 160 valence electrons. The fraction of sp³-hybridized carbons (Fsp3) is 0.409. The summed E-state index contributed by atoms with van der Waals surface area (Å²) in [5.74, 6) is 0.511.